The molecular formula is C17H23N3O. The average molecular weight is 285 g/mol. The highest BCUT2D eigenvalue weighted by atomic mass is 16.5. The van der Waals surface area contributed by atoms with Crippen LogP contribution in [0.1, 0.15) is 23.1 Å². The molecule has 0 bridgehead atoms. The van der Waals surface area contributed by atoms with Crippen LogP contribution in [0.5, 0.6) is 5.75 Å². The van der Waals surface area contributed by atoms with Crippen LogP contribution in [0.4, 0.5) is 0 Å². The molecule has 1 aromatic carbocycles. The Kier molecular flexibility index (Phi) is 4.25. The highest BCUT2D eigenvalue weighted by Crippen LogP contribution is 2.30. The molecule has 21 heavy (non-hydrogen) atoms. The third kappa shape index (κ3) is 3.27. The number of aromatic nitrogens is 2. The first-order chi connectivity index (χ1) is 10.3. The Labute approximate surface area is 126 Å². The molecule has 0 spiro atoms. The van der Waals surface area contributed by atoms with Crippen molar-refractivity contribution in [1.29, 1.82) is 0 Å². The number of likely N-dealkylation sites (N-methyl/N-ethyl adjacent to an activating group) is 1. The van der Waals surface area contributed by atoms with Crippen LogP contribution >= 0.6 is 0 Å². The Morgan fingerprint density at radius 3 is 2.81 bits per heavy atom. The Bertz CT molecular complexity index is 592. The van der Waals surface area contributed by atoms with E-state index in [1.54, 1.807) is 7.11 Å². The Balaban J connectivity index is 1.66. The van der Waals surface area contributed by atoms with Crippen molar-refractivity contribution in [2.75, 3.05) is 20.7 Å². The molecule has 4 nitrogen and oxygen atoms in total. The number of fused-ring (bicyclic) bond motifs is 1. The number of benzene rings is 1. The molecule has 0 aliphatic heterocycles. The summed E-state index contributed by atoms with van der Waals surface area (Å²) in [5, 5.41) is 0. The summed E-state index contributed by atoms with van der Waals surface area (Å²) in [6.07, 6.45) is 9.38. The molecule has 0 atom stereocenters. The Hall–Kier alpha value is -1.81. The monoisotopic (exact) mass is 285 g/mol. The van der Waals surface area contributed by atoms with Crippen molar-refractivity contribution in [2.24, 2.45) is 0 Å². The normalized spacial score (nSPS) is 13.7. The van der Waals surface area contributed by atoms with Crippen molar-refractivity contribution in [1.82, 2.24) is 14.5 Å². The molecule has 0 fully saturated rings. The summed E-state index contributed by atoms with van der Waals surface area (Å²) in [6.45, 7) is 2.88. The van der Waals surface area contributed by atoms with Crippen LogP contribution in [-0.4, -0.2) is 35.2 Å². The van der Waals surface area contributed by atoms with Crippen molar-refractivity contribution < 1.29 is 4.74 Å². The van der Waals surface area contributed by atoms with Crippen molar-refractivity contribution in [2.45, 2.75) is 32.4 Å². The van der Waals surface area contributed by atoms with E-state index >= 15 is 0 Å². The van der Waals surface area contributed by atoms with Crippen LogP contribution in [0.25, 0.3) is 0 Å². The quantitative estimate of drug-likeness (QED) is 0.817. The molecular weight excluding hydrogens is 262 g/mol. The van der Waals surface area contributed by atoms with Crippen LogP contribution < -0.4 is 4.74 Å². The van der Waals surface area contributed by atoms with E-state index in [-0.39, 0.29) is 0 Å². The van der Waals surface area contributed by atoms with Crippen LogP contribution in [0, 0.1) is 0 Å². The maximum Gasteiger partial charge on any atom is 0.123 e. The molecule has 1 aliphatic carbocycles. The minimum atomic E-state index is 0.922. The molecule has 1 aromatic heterocycles. The van der Waals surface area contributed by atoms with Crippen molar-refractivity contribution in [3.63, 3.8) is 0 Å². The maximum atomic E-state index is 5.58. The van der Waals surface area contributed by atoms with Gasteiger partial charge in [-0.3, -0.25) is 0 Å². The second-order valence-electron chi connectivity index (χ2n) is 5.82. The molecule has 3 rings (SSSR count). The maximum absolute atomic E-state index is 5.58. The van der Waals surface area contributed by atoms with Crippen molar-refractivity contribution in [3.05, 3.63) is 47.5 Å². The van der Waals surface area contributed by atoms with Gasteiger partial charge < -0.3 is 14.2 Å². The van der Waals surface area contributed by atoms with Gasteiger partial charge >= 0.3 is 0 Å². The first-order valence-electron chi connectivity index (χ1n) is 7.59. The van der Waals surface area contributed by atoms with Gasteiger partial charge in [0.1, 0.15) is 5.75 Å². The van der Waals surface area contributed by atoms with E-state index in [1.807, 2.05) is 18.7 Å². The van der Waals surface area contributed by atoms with Gasteiger partial charge in [-0.25, -0.2) is 4.98 Å². The predicted molar refractivity (Wildman–Crippen MR) is 83.6 cm³/mol. The lowest BCUT2D eigenvalue weighted by atomic mass is 10.0. The van der Waals surface area contributed by atoms with Gasteiger partial charge in [0.05, 0.1) is 13.4 Å². The molecule has 2 aromatic rings. The average Bonchev–Trinajstić information content (AvgIpc) is 3.15. The van der Waals surface area contributed by atoms with Gasteiger partial charge in [-0.2, -0.15) is 0 Å². The van der Waals surface area contributed by atoms with E-state index in [1.165, 1.54) is 36.0 Å². The van der Waals surface area contributed by atoms with E-state index in [9.17, 15) is 0 Å². The predicted octanol–water partition coefficient (Wildman–Crippen LogP) is 2.51. The van der Waals surface area contributed by atoms with Gasteiger partial charge in [0, 0.05) is 37.6 Å². The SMILES string of the molecule is COc1cc2c(cc1CN(C)CCn1ccnc1)CCC2. The molecule has 4 heteroatoms. The topological polar surface area (TPSA) is 30.3 Å². The second-order valence-corrected chi connectivity index (χ2v) is 5.82. The minimum Gasteiger partial charge on any atom is -0.496 e. The standard InChI is InChI=1S/C17H23N3O/c1-19(8-9-20-7-6-18-13-20)12-16-10-14-4-3-5-15(14)11-17(16)21-2/h6-7,10-11,13H,3-5,8-9,12H2,1-2H3. The van der Waals surface area contributed by atoms with Gasteiger partial charge in [0.15, 0.2) is 0 Å². The molecule has 0 amide bonds. The molecule has 112 valence electrons. The minimum absolute atomic E-state index is 0.922. The molecule has 0 unspecified atom stereocenters. The smallest absolute Gasteiger partial charge is 0.123 e. The lowest BCUT2D eigenvalue weighted by molar-refractivity contribution is 0.304. The molecule has 1 aliphatic rings. The second kappa shape index (κ2) is 6.31. The van der Waals surface area contributed by atoms with Crippen LogP contribution in [0.3, 0.4) is 0 Å². The fourth-order valence-corrected chi connectivity index (χ4v) is 3.04. The van der Waals surface area contributed by atoms with E-state index < -0.39 is 0 Å². The first kappa shape index (κ1) is 14.1. The number of imidazole rings is 1. The summed E-state index contributed by atoms with van der Waals surface area (Å²) in [5.74, 6) is 1.03. The lowest BCUT2D eigenvalue weighted by Gasteiger charge is -2.19. The zero-order chi connectivity index (χ0) is 14.7. The van der Waals surface area contributed by atoms with E-state index in [0.717, 1.165) is 25.4 Å². The Morgan fingerprint density at radius 1 is 1.29 bits per heavy atom. The number of nitrogens with zero attached hydrogens (tertiary/aromatic N) is 3. The van der Waals surface area contributed by atoms with E-state index in [2.05, 4.69) is 33.6 Å². The molecule has 1 heterocycles. The number of ether oxygens (including phenoxy) is 1. The van der Waals surface area contributed by atoms with Gasteiger partial charge in [-0.1, -0.05) is 6.07 Å². The zero-order valence-corrected chi connectivity index (χ0v) is 12.9. The molecule has 0 saturated heterocycles. The molecule has 0 radical (unpaired) electrons. The van der Waals surface area contributed by atoms with Crippen LogP contribution in [0.2, 0.25) is 0 Å². The fourth-order valence-electron chi connectivity index (χ4n) is 3.04. The Morgan fingerprint density at radius 2 is 2.10 bits per heavy atom. The summed E-state index contributed by atoms with van der Waals surface area (Å²) in [4.78, 5) is 6.41. The van der Waals surface area contributed by atoms with E-state index in [4.69, 9.17) is 4.74 Å². The van der Waals surface area contributed by atoms with Crippen LogP contribution in [-0.2, 0) is 25.9 Å². The lowest BCUT2D eigenvalue weighted by Crippen LogP contribution is -2.23. The third-order valence-electron chi connectivity index (χ3n) is 4.23. The number of hydrogen-bond acceptors (Lipinski definition) is 3. The van der Waals surface area contributed by atoms with Gasteiger partial charge in [-0.15, -0.1) is 0 Å². The number of rotatable bonds is 6. The number of hydrogen-bond donors (Lipinski definition) is 0. The summed E-state index contributed by atoms with van der Waals surface area (Å²) >= 11 is 0. The summed E-state index contributed by atoms with van der Waals surface area (Å²) in [7, 11) is 3.93. The summed E-state index contributed by atoms with van der Waals surface area (Å²) in [6, 6.07) is 4.58. The fraction of sp³-hybridized carbons (Fsp3) is 0.471. The van der Waals surface area contributed by atoms with Crippen molar-refractivity contribution >= 4 is 0 Å². The van der Waals surface area contributed by atoms with Gasteiger partial charge in [-0.05, 0) is 43.5 Å². The zero-order valence-electron chi connectivity index (χ0n) is 12.9. The number of aryl methyl sites for hydroxylation is 2. The van der Waals surface area contributed by atoms with Gasteiger partial charge in [0.2, 0.25) is 0 Å². The van der Waals surface area contributed by atoms with Crippen LogP contribution in [0.15, 0.2) is 30.9 Å². The van der Waals surface area contributed by atoms with Crippen molar-refractivity contribution in [3.8, 4) is 5.75 Å². The molecule has 0 N–H and O–H groups in total. The molecule has 0 saturated carbocycles. The summed E-state index contributed by atoms with van der Waals surface area (Å²) < 4.78 is 7.69. The first-order valence-corrected chi connectivity index (χ1v) is 7.59. The largest absolute Gasteiger partial charge is 0.496 e. The highest BCUT2D eigenvalue weighted by Gasteiger charge is 2.16. The highest BCUT2D eigenvalue weighted by molar-refractivity contribution is 5.44. The third-order valence-corrected chi connectivity index (χ3v) is 4.23. The number of methoxy groups -OCH3 is 1. The van der Waals surface area contributed by atoms with E-state index in [0.29, 0.717) is 0 Å². The van der Waals surface area contributed by atoms with Gasteiger partial charge in [0.25, 0.3) is 0 Å². The summed E-state index contributed by atoms with van der Waals surface area (Å²) in [5.41, 5.74) is 4.27.